The van der Waals surface area contributed by atoms with Crippen LogP contribution < -0.4 is 5.32 Å². The number of hydrogen-bond donors (Lipinski definition) is 3. The quantitative estimate of drug-likeness (QED) is 0.692. The first-order chi connectivity index (χ1) is 11.1. The number of halogens is 1. The van der Waals surface area contributed by atoms with Crippen molar-refractivity contribution in [2.45, 2.75) is 25.2 Å². The first-order valence-electron chi connectivity index (χ1n) is 7.43. The number of furan rings is 1. The molecule has 1 aromatic carbocycles. The van der Waals surface area contributed by atoms with E-state index in [1.807, 2.05) is 24.3 Å². The number of benzene rings is 1. The fourth-order valence-electron chi connectivity index (χ4n) is 2.62. The normalized spacial score (nSPS) is 14.2. The average Bonchev–Trinajstić information content (AvgIpc) is 3.16. The molecule has 126 valence electrons. The Labute approximate surface area is 145 Å². The first-order valence-corrected chi connectivity index (χ1v) is 7.43. The van der Waals surface area contributed by atoms with Crippen molar-refractivity contribution in [2.24, 2.45) is 4.99 Å². The summed E-state index contributed by atoms with van der Waals surface area (Å²) in [5.74, 6) is -1.06. The SMILES string of the molecule is Cl.O=C(CC1=CN=CC1)N[C@@H](Cc1coc2ccccc12)B(O)O. The third-order valence-corrected chi connectivity index (χ3v) is 3.81. The number of amides is 1. The van der Waals surface area contributed by atoms with E-state index in [-0.39, 0.29) is 31.2 Å². The molecule has 1 atom stereocenters. The van der Waals surface area contributed by atoms with Crippen LogP contribution in [0.3, 0.4) is 0 Å². The number of aliphatic imine (C=N–C) groups is 1. The zero-order valence-corrected chi connectivity index (χ0v) is 13.7. The average molecular weight is 349 g/mol. The minimum Gasteiger partial charge on any atom is -0.464 e. The third-order valence-electron chi connectivity index (χ3n) is 3.81. The Morgan fingerprint density at radius 3 is 2.88 bits per heavy atom. The van der Waals surface area contributed by atoms with Crippen LogP contribution in [-0.4, -0.2) is 35.2 Å². The lowest BCUT2D eigenvalue weighted by Gasteiger charge is -2.17. The van der Waals surface area contributed by atoms with Gasteiger partial charge in [0.1, 0.15) is 5.58 Å². The zero-order chi connectivity index (χ0) is 16.2. The maximum atomic E-state index is 12.1. The van der Waals surface area contributed by atoms with Gasteiger partial charge in [0.15, 0.2) is 0 Å². The van der Waals surface area contributed by atoms with E-state index >= 15 is 0 Å². The van der Waals surface area contributed by atoms with Crippen LogP contribution in [0.15, 0.2) is 51.7 Å². The molecule has 0 unspecified atom stereocenters. The Morgan fingerprint density at radius 1 is 1.38 bits per heavy atom. The molecule has 0 spiro atoms. The fourth-order valence-corrected chi connectivity index (χ4v) is 2.62. The minimum atomic E-state index is -1.65. The number of para-hydroxylation sites is 1. The highest BCUT2D eigenvalue weighted by molar-refractivity contribution is 6.43. The van der Waals surface area contributed by atoms with Crippen LogP contribution in [0.1, 0.15) is 18.4 Å². The molecule has 2 aromatic rings. The molecule has 0 fully saturated rings. The van der Waals surface area contributed by atoms with Gasteiger partial charge in [-0.1, -0.05) is 18.2 Å². The standard InChI is InChI=1S/C16H17BN2O4.ClH/c20-16(7-11-5-6-18-9-11)19-15(17(21)22)8-12-10-23-14-4-2-1-3-13(12)14;/h1-4,6,9-10,15,21-22H,5,7-8H2,(H,19,20);1H/t15-;/m0./s1. The molecule has 0 saturated heterocycles. The van der Waals surface area contributed by atoms with Gasteiger partial charge in [-0.2, -0.15) is 0 Å². The van der Waals surface area contributed by atoms with Crippen LogP contribution in [0.4, 0.5) is 0 Å². The summed E-state index contributed by atoms with van der Waals surface area (Å²) in [5, 5.41) is 22.7. The van der Waals surface area contributed by atoms with Crippen LogP contribution in [0.5, 0.6) is 0 Å². The van der Waals surface area contributed by atoms with Gasteiger partial charge in [0.05, 0.1) is 12.2 Å². The molecular weight excluding hydrogens is 330 g/mol. The van der Waals surface area contributed by atoms with Gasteiger partial charge in [0, 0.05) is 30.6 Å². The monoisotopic (exact) mass is 348 g/mol. The summed E-state index contributed by atoms with van der Waals surface area (Å²) in [5.41, 5.74) is 2.46. The van der Waals surface area contributed by atoms with E-state index in [4.69, 9.17) is 4.42 Å². The number of nitrogens with zero attached hydrogens (tertiary/aromatic N) is 1. The Kier molecular flexibility index (Phi) is 6.19. The van der Waals surface area contributed by atoms with Crippen molar-refractivity contribution in [3.8, 4) is 0 Å². The van der Waals surface area contributed by atoms with Gasteiger partial charge in [-0.05, 0) is 23.6 Å². The number of fused-ring (bicyclic) bond motifs is 1. The summed E-state index contributed by atoms with van der Waals surface area (Å²) in [4.78, 5) is 16.0. The van der Waals surface area contributed by atoms with E-state index in [0.29, 0.717) is 6.42 Å². The zero-order valence-electron chi connectivity index (χ0n) is 12.9. The van der Waals surface area contributed by atoms with Gasteiger partial charge in [-0.25, -0.2) is 0 Å². The van der Waals surface area contributed by atoms with E-state index in [9.17, 15) is 14.8 Å². The van der Waals surface area contributed by atoms with Gasteiger partial charge in [-0.3, -0.25) is 9.79 Å². The molecule has 2 heterocycles. The minimum absolute atomic E-state index is 0. The Balaban J connectivity index is 0.00000208. The van der Waals surface area contributed by atoms with Crippen molar-refractivity contribution in [3.63, 3.8) is 0 Å². The molecule has 3 N–H and O–H groups in total. The molecule has 3 rings (SSSR count). The molecule has 1 aromatic heterocycles. The molecular formula is C16H18BClN2O4. The Morgan fingerprint density at radius 2 is 2.17 bits per heavy atom. The lowest BCUT2D eigenvalue weighted by Crippen LogP contribution is -2.47. The van der Waals surface area contributed by atoms with E-state index < -0.39 is 13.1 Å². The second-order valence-electron chi connectivity index (χ2n) is 5.55. The van der Waals surface area contributed by atoms with Gasteiger partial charge < -0.3 is 19.8 Å². The van der Waals surface area contributed by atoms with E-state index in [0.717, 1.165) is 22.1 Å². The van der Waals surface area contributed by atoms with Crippen LogP contribution in [-0.2, 0) is 11.2 Å². The smallest absolute Gasteiger partial charge is 0.464 e. The van der Waals surface area contributed by atoms with Gasteiger partial charge >= 0.3 is 7.12 Å². The summed E-state index contributed by atoms with van der Waals surface area (Å²) in [6.07, 6.45) is 6.11. The van der Waals surface area contributed by atoms with Crippen molar-refractivity contribution in [2.75, 3.05) is 0 Å². The maximum absolute atomic E-state index is 12.1. The van der Waals surface area contributed by atoms with Crippen LogP contribution in [0.2, 0.25) is 0 Å². The van der Waals surface area contributed by atoms with Crippen LogP contribution >= 0.6 is 12.4 Å². The number of carbonyl (C=O) groups excluding carboxylic acids is 1. The molecule has 0 saturated carbocycles. The lowest BCUT2D eigenvalue weighted by molar-refractivity contribution is -0.120. The van der Waals surface area contributed by atoms with E-state index in [2.05, 4.69) is 10.3 Å². The fraction of sp³-hybridized carbons (Fsp3) is 0.250. The van der Waals surface area contributed by atoms with Gasteiger partial charge in [0.2, 0.25) is 5.91 Å². The molecule has 1 aliphatic heterocycles. The molecule has 1 aliphatic rings. The molecule has 0 bridgehead atoms. The molecule has 0 aliphatic carbocycles. The van der Waals surface area contributed by atoms with Gasteiger partial charge in [-0.15, -0.1) is 12.4 Å². The van der Waals surface area contributed by atoms with Crippen molar-refractivity contribution >= 4 is 42.6 Å². The topological polar surface area (TPSA) is 95.1 Å². The number of rotatable bonds is 6. The number of hydrogen-bond acceptors (Lipinski definition) is 5. The Hall–Kier alpha value is -2.09. The summed E-state index contributed by atoms with van der Waals surface area (Å²) in [6.45, 7) is 0. The van der Waals surface area contributed by atoms with Gasteiger partial charge in [0.25, 0.3) is 0 Å². The first kappa shape index (κ1) is 18.3. The summed E-state index contributed by atoms with van der Waals surface area (Å²) in [6, 6.07) is 7.50. The molecule has 1 amide bonds. The molecule has 0 radical (unpaired) electrons. The third kappa shape index (κ3) is 4.26. The molecule has 24 heavy (non-hydrogen) atoms. The van der Waals surface area contributed by atoms with Crippen molar-refractivity contribution < 1.29 is 19.3 Å². The van der Waals surface area contributed by atoms with Crippen LogP contribution in [0.25, 0.3) is 11.0 Å². The highest BCUT2D eigenvalue weighted by atomic mass is 35.5. The van der Waals surface area contributed by atoms with E-state index in [1.165, 1.54) is 0 Å². The highest BCUT2D eigenvalue weighted by Gasteiger charge is 2.27. The summed E-state index contributed by atoms with van der Waals surface area (Å²) >= 11 is 0. The molecule has 6 nitrogen and oxygen atoms in total. The predicted octanol–water partition coefficient (Wildman–Crippen LogP) is 1.64. The molecule has 8 heteroatoms. The Bertz CT molecular complexity index is 772. The second-order valence-corrected chi connectivity index (χ2v) is 5.55. The predicted molar refractivity (Wildman–Crippen MR) is 95.1 cm³/mol. The summed E-state index contributed by atoms with van der Waals surface area (Å²) < 4.78 is 5.44. The maximum Gasteiger partial charge on any atom is 0.475 e. The second kappa shape index (κ2) is 8.14. The summed E-state index contributed by atoms with van der Waals surface area (Å²) in [7, 11) is -1.65. The van der Waals surface area contributed by atoms with Crippen molar-refractivity contribution in [1.29, 1.82) is 0 Å². The van der Waals surface area contributed by atoms with Crippen molar-refractivity contribution in [3.05, 3.63) is 47.9 Å². The van der Waals surface area contributed by atoms with Crippen molar-refractivity contribution in [1.82, 2.24) is 5.32 Å². The van der Waals surface area contributed by atoms with E-state index in [1.54, 1.807) is 18.7 Å². The highest BCUT2D eigenvalue weighted by Crippen LogP contribution is 2.22. The number of nitrogens with one attached hydrogen (secondary N) is 1. The lowest BCUT2D eigenvalue weighted by atomic mass is 9.75. The largest absolute Gasteiger partial charge is 0.475 e. The number of carbonyl (C=O) groups is 1. The van der Waals surface area contributed by atoms with Crippen LogP contribution in [0, 0.1) is 0 Å².